The van der Waals surface area contributed by atoms with Crippen molar-refractivity contribution in [2.75, 3.05) is 32.1 Å². The minimum absolute atomic E-state index is 0.234. The lowest BCUT2D eigenvalue weighted by atomic mass is 10.1. The highest BCUT2D eigenvalue weighted by atomic mass is 32.1. The summed E-state index contributed by atoms with van der Waals surface area (Å²) in [6, 6.07) is 11.7. The second-order valence-electron chi connectivity index (χ2n) is 7.43. The van der Waals surface area contributed by atoms with Crippen LogP contribution in [0, 0.1) is 11.3 Å². The number of methoxy groups -OCH3 is 1. The first-order valence-corrected chi connectivity index (χ1v) is 11.4. The normalized spacial score (nSPS) is 14.2. The first-order valence-electron chi connectivity index (χ1n) is 10.5. The van der Waals surface area contributed by atoms with E-state index in [9.17, 15) is 10.1 Å². The second-order valence-corrected chi connectivity index (χ2v) is 8.32. The van der Waals surface area contributed by atoms with Crippen molar-refractivity contribution in [3.8, 4) is 23.1 Å². The predicted molar refractivity (Wildman–Crippen MR) is 123 cm³/mol. The van der Waals surface area contributed by atoms with Gasteiger partial charge < -0.3 is 15.0 Å². The van der Waals surface area contributed by atoms with Gasteiger partial charge in [-0.15, -0.1) is 11.3 Å². The van der Waals surface area contributed by atoms with E-state index in [1.54, 1.807) is 19.4 Å². The number of rotatable bonds is 9. The number of hydrogen-bond acceptors (Lipinski definition) is 8. The number of benzene rings is 1. The van der Waals surface area contributed by atoms with Crippen LogP contribution < -0.4 is 10.1 Å². The molecule has 1 saturated heterocycles. The molecule has 8 nitrogen and oxygen atoms in total. The SMILES string of the molecule is COc1ccc(-c2csc(C(C#N)c3ccnc(NCCCN4CCCC4=O)n3)n2)cc1. The largest absolute Gasteiger partial charge is 0.497 e. The van der Waals surface area contributed by atoms with Crippen LogP contribution in [0.5, 0.6) is 5.75 Å². The number of anilines is 1. The summed E-state index contributed by atoms with van der Waals surface area (Å²) in [5.41, 5.74) is 2.39. The van der Waals surface area contributed by atoms with Crippen molar-refractivity contribution in [2.45, 2.75) is 25.2 Å². The van der Waals surface area contributed by atoms with Crippen LogP contribution in [-0.4, -0.2) is 52.5 Å². The first-order chi connectivity index (χ1) is 15.7. The number of nitrogens with zero attached hydrogens (tertiary/aromatic N) is 5. The van der Waals surface area contributed by atoms with Crippen molar-refractivity contribution in [1.29, 1.82) is 5.26 Å². The maximum atomic E-state index is 11.7. The molecule has 1 aliphatic rings. The topological polar surface area (TPSA) is 104 Å². The summed E-state index contributed by atoms with van der Waals surface area (Å²) >= 11 is 1.44. The van der Waals surface area contributed by atoms with Gasteiger partial charge in [-0.05, 0) is 43.2 Å². The number of carbonyl (C=O) groups is 1. The van der Waals surface area contributed by atoms with Crippen molar-refractivity contribution in [2.24, 2.45) is 0 Å². The molecule has 1 unspecified atom stereocenters. The van der Waals surface area contributed by atoms with Crippen molar-refractivity contribution in [3.05, 3.63) is 52.6 Å². The van der Waals surface area contributed by atoms with Crippen LogP contribution in [0.1, 0.15) is 35.9 Å². The van der Waals surface area contributed by atoms with Crippen molar-refractivity contribution in [1.82, 2.24) is 19.9 Å². The van der Waals surface area contributed by atoms with Crippen LogP contribution in [0.4, 0.5) is 5.95 Å². The summed E-state index contributed by atoms with van der Waals surface area (Å²) in [4.78, 5) is 27.1. The predicted octanol–water partition coefficient (Wildman–Crippen LogP) is 3.69. The summed E-state index contributed by atoms with van der Waals surface area (Å²) in [7, 11) is 1.63. The Morgan fingerprint density at radius 2 is 2.12 bits per heavy atom. The number of nitriles is 1. The highest BCUT2D eigenvalue weighted by Gasteiger charge is 2.21. The zero-order valence-corrected chi connectivity index (χ0v) is 18.6. The Kier molecular flexibility index (Phi) is 6.92. The van der Waals surface area contributed by atoms with Gasteiger partial charge in [-0.25, -0.2) is 15.0 Å². The van der Waals surface area contributed by atoms with Crippen molar-refractivity contribution in [3.63, 3.8) is 0 Å². The van der Waals surface area contributed by atoms with Crippen LogP contribution in [0.2, 0.25) is 0 Å². The standard InChI is InChI=1S/C23H24N6O2S/c1-31-17-7-5-16(6-8-17)20-15-32-22(27-20)18(14-24)19-9-11-26-23(28-19)25-10-3-13-29-12-2-4-21(29)30/h5-9,11,15,18H,2-4,10,12-13H2,1H3,(H,25,26,28). The molecule has 9 heteroatoms. The van der Waals surface area contributed by atoms with Gasteiger partial charge in [0.15, 0.2) is 0 Å². The molecule has 32 heavy (non-hydrogen) atoms. The molecule has 2 aromatic heterocycles. The zero-order valence-electron chi connectivity index (χ0n) is 17.8. The maximum Gasteiger partial charge on any atom is 0.222 e. The molecule has 1 aliphatic heterocycles. The van der Waals surface area contributed by atoms with E-state index in [4.69, 9.17) is 4.74 Å². The lowest BCUT2D eigenvalue weighted by Gasteiger charge is -2.15. The average Bonchev–Trinajstić information content (AvgIpc) is 3.47. The number of nitrogens with one attached hydrogen (secondary N) is 1. The number of likely N-dealkylation sites (tertiary alicyclic amines) is 1. The molecule has 0 spiro atoms. The molecule has 1 atom stereocenters. The smallest absolute Gasteiger partial charge is 0.222 e. The van der Waals surface area contributed by atoms with E-state index in [0.717, 1.165) is 42.9 Å². The molecular formula is C23H24N6O2S. The number of carbonyl (C=O) groups excluding carboxylic acids is 1. The average molecular weight is 449 g/mol. The second kappa shape index (κ2) is 10.2. The van der Waals surface area contributed by atoms with E-state index in [2.05, 4.69) is 26.3 Å². The third-order valence-electron chi connectivity index (χ3n) is 5.32. The quantitative estimate of drug-likeness (QED) is 0.498. The molecule has 0 bridgehead atoms. The molecule has 0 saturated carbocycles. The Hall–Kier alpha value is -3.51. The molecule has 3 heterocycles. The molecule has 1 N–H and O–H groups in total. The summed E-state index contributed by atoms with van der Waals surface area (Å²) in [6.45, 7) is 2.24. The number of aromatic nitrogens is 3. The lowest BCUT2D eigenvalue weighted by Crippen LogP contribution is -2.27. The summed E-state index contributed by atoms with van der Waals surface area (Å²) in [6.07, 6.45) is 4.07. The van der Waals surface area contributed by atoms with Gasteiger partial charge in [-0.1, -0.05) is 0 Å². The first kappa shape index (κ1) is 21.7. The van der Waals surface area contributed by atoms with Gasteiger partial charge in [0.25, 0.3) is 0 Å². The third kappa shape index (κ3) is 5.03. The highest BCUT2D eigenvalue weighted by Crippen LogP contribution is 2.30. The summed E-state index contributed by atoms with van der Waals surface area (Å²) in [5, 5.41) is 15.6. The molecule has 0 radical (unpaired) electrons. The highest BCUT2D eigenvalue weighted by molar-refractivity contribution is 7.10. The van der Waals surface area contributed by atoms with Gasteiger partial charge in [0, 0.05) is 43.2 Å². The fourth-order valence-corrected chi connectivity index (χ4v) is 4.47. The summed E-state index contributed by atoms with van der Waals surface area (Å²) in [5.74, 6) is 0.921. The van der Waals surface area contributed by atoms with Crippen LogP contribution in [0.15, 0.2) is 41.9 Å². The van der Waals surface area contributed by atoms with E-state index >= 15 is 0 Å². The fraction of sp³-hybridized carbons (Fsp3) is 0.348. The van der Waals surface area contributed by atoms with Gasteiger partial charge in [0.1, 0.15) is 16.7 Å². The van der Waals surface area contributed by atoms with Gasteiger partial charge in [0.2, 0.25) is 11.9 Å². The zero-order chi connectivity index (χ0) is 22.3. The Morgan fingerprint density at radius 3 is 2.84 bits per heavy atom. The number of hydrogen-bond donors (Lipinski definition) is 1. The number of amides is 1. The van der Waals surface area contributed by atoms with Crippen molar-refractivity contribution < 1.29 is 9.53 Å². The van der Waals surface area contributed by atoms with E-state index in [1.165, 1.54) is 11.3 Å². The van der Waals surface area contributed by atoms with Crippen molar-refractivity contribution >= 4 is 23.2 Å². The van der Waals surface area contributed by atoms with E-state index in [0.29, 0.717) is 29.6 Å². The Balaban J connectivity index is 1.40. The molecule has 3 aromatic rings. The molecule has 164 valence electrons. The molecule has 4 rings (SSSR count). The molecule has 1 fully saturated rings. The molecular weight excluding hydrogens is 424 g/mol. The minimum Gasteiger partial charge on any atom is -0.497 e. The van der Waals surface area contributed by atoms with Crippen LogP contribution in [0.25, 0.3) is 11.3 Å². The van der Waals surface area contributed by atoms with E-state index < -0.39 is 5.92 Å². The Morgan fingerprint density at radius 1 is 1.28 bits per heavy atom. The minimum atomic E-state index is -0.572. The third-order valence-corrected chi connectivity index (χ3v) is 6.23. The summed E-state index contributed by atoms with van der Waals surface area (Å²) < 4.78 is 5.20. The number of thiazole rings is 1. The Labute approximate surface area is 190 Å². The molecule has 1 amide bonds. The molecule has 0 aliphatic carbocycles. The lowest BCUT2D eigenvalue weighted by molar-refractivity contribution is -0.127. The van der Waals surface area contributed by atoms with Gasteiger partial charge in [-0.2, -0.15) is 5.26 Å². The maximum absolute atomic E-state index is 11.7. The van der Waals surface area contributed by atoms with E-state index in [-0.39, 0.29) is 5.91 Å². The fourth-order valence-electron chi connectivity index (χ4n) is 3.59. The van der Waals surface area contributed by atoms with Crippen LogP contribution in [0.3, 0.4) is 0 Å². The van der Waals surface area contributed by atoms with Crippen LogP contribution in [-0.2, 0) is 4.79 Å². The Bertz CT molecular complexity index is 1110. The number of ether oxygens (including phenoxy) is 1. The van der Waals surface area contributed by atoms with E-state index in [1.807, 2.05) is 34.5 Å². The van der Waals surface area contributed by atoms with Crippen LogP contribution >= 0.6 is 11.3 Å². The van der Waals surface area contributed by atoms with Gasteiger partial charge in [0.05, 0.1) is 24.6 Å². The molecule has 1 aromatic carbocycles. The van der Waals surface area contributed by atoms with Gasteiger partial charge >= 0.3 is 0 Å². The monoisotopic (exact) mass is 448 g/mol. The van der Waals surface area contributed by atoms with Gasteiger partial charge in [-0.3, -0.25) is 4.79 Å².